The van der Waals surface area contributed by atoms with Crippen LogP contribution in [0, 0.1) is 7.14 Å². The third kappa shape index (κ3) is 2.82. The lowest BCUT2D eigenvalue weighted by molar-refractivity contribution is 0.912. The molecule has 2 aromatic carbocycles. The minimum absolute atomic E-state index is 0.574. The second kappa shape index (κ2) is 6.19. The van der Waals surface area contributed by atoms with Gasteiger partial charge in [-0.2, -0.15) is 0 Å². The van der Waals surface area contributed by atoms with Crippen molar-refractivity contribution in [2.24, 2.45) is 0 Å². The highest BCUT2D eigenvalue weighted by atomic mass is 127. The van der Waals surface area contributed by atoms with E-state index >= 15 is 0 Å². The van der Waals surface area contributed by atoms with Crippen molar-refractivity contribution in [3.05, 3.63) is 55.4 Å². The van der Waals surface area contributed by atoms with Crippen LogP contribution >= 0.6 is 56.8 Å². The van der Waals surface area contributed by atoms with Crippen LogP contribution in [0.15, 0.2) is 42.5 Å². The second-order valence-corrected chi connectivity index (χ2v) is 7.28. The lowest BCUT2D eigenvalue weighted by Gasteiger charge is -2.09. The van der Waals surface area contributed by atoms with Crippen LogP contribution in [0.25, 0.3) is 16.7 Å². The Hall–Kier alpha value is -0.340. The van der Waals surface area contributed by atoms with Crippen molar-refractivity contribution in [1.82, 2.24) is 9.55 Å². The Morgan fingerprint density at radius 3 is 2.60 bits per heavy atom. The van der Waals surface area contributed by atoms with Crippen molar-refractivity contribution in [1.29, 1.82) is 0 Å². The first kappa shape index (κ1) is 14.6. The number of aryl methyl sites for hydroxylation is 1. The first-order valence-corrected chi connectivity index (χ1v) is 8.87. The van der Waals surface area contributed by atoms with Gasteiger partial charge in [0, 0.05) is 25.1 Å². The van der Waals surface area contributed by atoms with Gasteiger partial charge < -0.3 is 0 Å². The Morgan fingerprint density at radius 2 is 1.85 bits per heavy atom. The maximum atomic E-state index is 5.93. The number of hydrogen-bond acceptors (Lipinski definition) is 1. The Bertz CT molecular complexity index is 768. The number of rotatable bonds is 3. The van der Waals surface area contributed by atoms with E-state index in [9.17, 15) is 0 Å². The summed E-state index contributed by atoms with van der Waals surface area (Å²) in [6.45, 7) is 0. The van der Waals surface area contributed by atoms with Crippen molar-refractivity contribution < 1.29 is 0 Å². The molecule has 0 fully saturated rings. The number of benzene rings is 2. The largest absolute Gasteiger partial charge is 0.296 e. The summed E-state index contributed by atoms with van der Waals surface area (Å²) < 4.78 is 4.61. The predicted octanol–water partition coefficient (Wildman–Crippen LogP) is 5.02. The van der Waals surface area contributed by atoms with E-state index in [-0.39, 0.29) is 0 Å². The molecule has 0 radical (unpaired) electrons. The second-order valence-electron chi connectivity index (χ2n) is 4.42. The molecule has 1 aromatic heterocycles. The van der Waals surface area contributed by atoms with Crippen LogP contribution in [0.4, 0.5) is 0 Å². The summed E-state index contributed by atoms with van der Waals surface area (Å²) in [4.78, 5) is 4.74. The van der Waals surface area contributed by atoms with Crippen molar-refractivity contribution in [2.45, 2.75) is 6.42 Å². The van der Waals surface area contributed by atoms with E-state index in [0.29, 0.717) is 5.88 Å². The van der Waals surface area contributed by atoms with Gasteiger partial charge in [0.15, 0.2) is 0 Å². The maximum absolute atomic E-state index is 5.93. The molecule has 0 aliphatic carbocycles. The monoisotopic (exact) mass is 508 g/mol. The zero-order valence-corrected chi connectivity index (χ0v) is 15.6. The number of halogens is 3. The van der Waals surface area contributed by atoms with Gasteiger partial charge in [-0.3, -0.25) is 4.57 Å². The number of fused-ring (bicyclic) bond motifs is 1. The van der Waals surface area contributed by atoms with E-state index in [1.54, 1.807) is 0 Å². The maximum Gasteiger partial charge on any atom is 0.115 e. The first-order chi connectivity index (χ1) is 9.69. The summed E-state index contributed by atoms with van der Waals surface area (Å²) in [6.07, 6.45) is 0.762. The SMILES string of the molecule is ClCCc1nc2cc(I)ccc2n1-c1cccc(I)c1. The number of aromatic nitrogens is 2. The highest BCUT2D eigenvalue weighted by Gasteiger charge is 2.12. The Balaban J connectivity index is 2.28. The molecule has 0 saturated heterocycles. The molecular weight excluding hydrogens is 497 g/mol. The van der Waals surface area contributed by atoms with Gasteiger partial charge in [-0.25, -0.2) is 4.98 Å². The molecule has 0 saturated carbocycles. The van der Waals surface area contributed by atoms with Gasteiger partial charge in [-0.15, -0.1) is 11.6 Å². The normalized spacial score (nSPS) is 11.2. The molecule has 0 amide bonds. The van der Waals surface area contributed by atoms with Crippen molar-refractivity contribution >= 4 is 67.8 Å². The van der Waals surface area contributed by atoms with Crippen LogP contribution in [0.2, 0.25) is 0 Å². The summed E-state index contributed by atoms with van der Waals surface area (Å²) in [5.41, 5.74) is 3.30. The minimum atomic E-state index is 0.574. The topological polar surface area (TPSA) is 17.8 Å². The van der Waals surface area contributed by atoms with Crippen LogP contribution in [-0.2, 0) is 6.42 Å². The van der Waals surface area contributed by atoms with Gasteiger partial charge >= 0.3 is 0 Å². The van der Waals surface area contributed by atoms with E-state index in [1.807, 2.05) is 0 Å². The van der Waals surface area contributed by atoms with E-state index in [1.165, 1.54) is 7.14 Å². The molecule has 0 aliphatic rings. The van der Waals surface area contributed by atoms with Crippen LogP contribution in [-0.4, -0.2) is 15.4 Å². The van der Waals surface area contributed by atoms with Gasteiger partial charge in [-0.1, -0.05) is 6.07 Å². The fourth-order valence-electron chi connectivity index (χ4n) is 2.26. The van der Waals surface area contributed by atoms with E-state index in [2.05, 4.69) is 92.2 Å². The van der Waals surface area contributed by atoms with Crippen molar-refractivity contribution in [3.8, 4) is 5.69 Å². The summed E-state index contributed by atoms with van der Waals surface area (Å²) in [5, 5.41) is 0. The molecule has 5 heteroatoms. The summed E-state index contributed by atoms with van der Waals surface area (Å²) >= 11 is 10.6. The zero-order chi connectivity index (χ0) is 14.1. The molecule has 3 rings (SSSR count). The lowest BCUT2D eigenvalue weighted by atomic mass is 10.2. The summed E-state index contributed by atoms with van der Waals surface area (Å²) in [6, 6.07) is 14.8. The third-order valence-electron chi connectivity index (χ3n) is 3.07. The van der Waals surface area contributed by atoms with Gasteiger partial charge in [0.25, 0.3) is 0 Å². The zero-order valence-electron chi connectivity index (χ0n) is 10.5. The third-order valence-corrected chi connectivity index (χ3v) is 4.60. The Kier molecular flexibility index (Phi) is 4.52. The predicted molar refractivity (Wildman–Crippen MR) is 101 cm³/mol. The molecule has 1 heterocycles. The number of imidazole rings is 1. The lowest BCUT2D eigenvalue weighted by Crippen LogP contribution is -2.02. The molecular formula is C15H11ClI2N2. The first-order valence-electron chi connectivity index (χ1n) is 6.18. The summed E-state index contributed by atoms with van der Waals surface area (Å²) in [5.74, 6) is 1.59. The average Bonchev–Trinajstić information content (AvgIpc) is 2.76. The number of nitrogens with zero attached hydrogens (tertiary/aromatic N) is 2. The van der Waals surface area contributed by atoms with Crippen molar-refractivity contribution in [3.63, 3.8) is 0 Å². The van der Waals surface area contributed by atoms with Gasteiger partial charge in [0.05, 0.1) is 11.0 Å². The van der Waals surface area contributed by atoms with Crippen molar-refractivity contribution in [2.75, 3.05) is 5.88 Å². The van der Waals surface area contributed by atoms with Gasteiger partial charge in [0.1, 0.15) is 5.82 Å². The molecule has 0 spiro atoms. The molecule has 0 aliphatic heterocycles. The molecule has 2 nitrogen and oxygen atoms in total. The molecule has 0 atom stereocenters. The van der Waals surface area contributed by atoms with E-state index < -0.39 is 0 Å². The quantitative estimate of drug-likeness (QED) is 0.359. The minimum Gasteiger partial charge on any atom is -0.296 e. The van der Waals surface area contributed by atoms with Gasteiger partial charge in [-0.05, 0) is 81.6 Å². The van der Waals surface area contributed by atoms with Crippen LogP contribution in [0.1, 0.15) is 5.82 Å². The molecule has 3 aromatic rings. The van der Waals surface area contributed by atoms with E-state index in [4.69, 9.17) is 16.6 Å². The Morgan fingerprint density at radius 1 is 1.05 bits per heavy atom. The molecule has 0 unspecified atom stereocenters. The smallest absolute Gasteiger partial charge is 0.115 e. The van der Waals surface area contributed by atoms with E-state index in [0.717, 1.165) is 29.0 Å². The summed E-state index contributed by atoms with van der Waals surface area (Å²) in [7, 11) is 0. The number of hydrogen-bond donors (Lipinski definition) is 0. The fraction of sp³-hybridized carbons (Fsp3) is 0.133. The molecule has 20 heavy (non-hydrogen) atoms. The number of alkyl halides is 1. The molecule has 102 valence electrons. The van der Waals surface area contributed by atoms with Crippen LogP contribution in [0.5, 0.6) is 0 Å². The van der Waals surface area contributed by atoms with Gasteiger partial charge in [0.2, 0.25) is 0 Å². The van der Waals surface area contributed by atoms with Crippen LogP contribution in [0.3, 0.4) is 0 Å². The highest BCUT2D eigenvalue weighted by Crippen LogP contribution is 2.24. The van der Waals surface area contributed by atoms with Crippen LogP contribution < -0.4 is 0 Å². The fourth-order valence-corrected chi connectivity index (χ4v) is 3.43. The highest BCUT2D eigenvalue weighted by molar-refractivity contribution is 14.1. The Labute approximate surface area is 149 Å². The molecule has 0 bridgehead atoms. The molecule has 0 N–H and O–H groups in total. The standard InChI is InChI=1S/C15H11ClI2N2/c16-7-6-15-19-13-9-11(18)4-5-14(13)20(15)12-3-1-2-10(17)8-12/h1-5,8-9H,6-7H2. The average molecular weight is 509 g/mol.